The van der Waals surface area contributed by atoms with Crippen LogP contribution in [0.25, 0.3) is 0 Å². The lowest BCUT2D eigenvalue weighted by Crippen LogP contribution is -2.29. The van der Waals surface area contributed by atoms with Gasteiger partial charge in [-0.3, -0.25) is 0 Å². The molecule has 0 unspecified atom stereocenters. The molecule has 5 heteroatoms. The molecule has 3 aromatic carbocycles. The Bertz CT molecular complexity index is 951. The van der Waals surface area contributed by atoms with Crippen molar-refractivity contribution in [2.45, 2.75) is 12.3 Å². The lowest BCUT2D eigenvalue weighted by Gasteiger charge is -2.22. The predicted molar refractivity (Wildman–Crippen MR) is 118 cm³/mol. The number of ether oxygens (including phenoxy) is 2. The molecule has 5 nitrogen and oxygen atoms in total. The second-order valence-corrected chi connectivity index (χ2v) is 7.60. The van der Waals surface area contributed by atoms with Crippen molar-refractivity contribution in [1.29, 1.82) is 0 Å². The highest BCUT2D eigenvalue weighted by Gasteiger charge is 2.22. The summed E-state index contributed by atoms with van der Waals surface area (Å²) in [5.74, 6) is -0.400. The molecule has 1 aliphatic heterocycles. The van der Waals surface area contributed by atoms with Gasteiger partial charge in [0, 0.05) is 30.3 Å². The van der Waals surface area contributed by atoms with E-state index in [1.165, 1.54) is 11.1 Å². The smallest absolute Gasteiger partial charge is 0.128 e. The molecular formula is C26H26NO4-. The van der Waals surface area contributed by atoms with Crippen LogP contribution in [0.4, 0.5) is 5.69 Å². The molecule has 1 aliphatic rings. The number of carboxylic acid groups (broad SMARTS) is 1. The highest BCUT2D eigenvalue weighted by atomic mass is 16.5. The van der Waals surface area contributed by atoms with Crippen LogP contribution in [-0.2, 0) is 16.0 Å². The van der Waals surface area contributed by atoms with E-state index in [1.54, 1.807) is 0 Å². The summed E-state index contributed by atoms with van der Waals surface area (Å²) in [5.41, 5.74) is 4.63. The maximum absolute atomic E-state index is 10.7. The Morgan fingerprint density at radius 1 is 0.935 bits per heavy atom. The van der Waals surface area contributed by atoms with Crippen molar-refractivity contribution in [3.8, 4) is 5.75 Å². The molecule has 4 rings (SSSR count). The van der Waals surface area contributed by atoms with Crippen LogP contribution < -0.4 is 14.7 Å². The second kappa shape index (κ2) is 10.1. The third-order valence-electron chi connectivity index (χ3n) is 5.62. The molecule has 0 spiro atoms. The molecule has 31 heavy (non-hydrogen) atoms. The fraction of sp³-hybridized carbons (Fsp3) is 0.269. The first kappa shape index (κ1) is 20.9. The first-order chi connectivity index (χ1) is 15.2. The molecule has 0 N–H and O–H groups in total. The van der Waals surface area contributed by atoms with Gasteiger partial charge in [-0.2, -0.15) is 0 Å². The molecule has 0 aliphatic carbocycles. The average Bonchev–Trinajstić information content (AvgIpc) is 3.22. The molecule has 0 saturated carbocycles. The summed E-state index contributed by atoms with van der Waals surface area (Å²) in [7, 11) is 0. The number of aliphatic carboxylic acids is 1. The Morgan fingerprint density at radius 2 is 1.61 bits per heavy atom. The van der Waals surface area contributed by atoms with Gasteiger partial charge in [0.2, 0.25) is 0 Å². The third-order valence-corrected chi connectivity index (χ3v) is 5.62. The summed E-state index contributed by atoms with van der Waals surface area (Å²) in [6.45, 7) is 2.43. The van der Waals surface area contributed by atoms with Crippen LogP contribution in [0.15, 0.2) is 78.9 Å². The van der Waals surface area contributed by atoms with Gasteiger partial charge in [-0.25, -0.2) is 0 Å². The van der Waals surface area contributed by atoms with Crippen LogP contribution >= 0.6 is 0 Å². The summed E-state index contributed by atoms with van der Waals surface area (Å²) < 4.78 is 11.5. The number of anilines is 1. The van der Waals surface area contributed by atoms with E-state index in [-0.39, 0.29) is 5.92 Å². The molecule has 0 saturated heterocycles. The van der Waals surface area contributed by atoms with Gasteiger partial charge in [-0.15, -0.1) is 0 Å². The summed E-state index contributed by atoms with van der Waals surface area (Å²) in [6, 6.07) is 26.6. The van der Waals surface area contributed by atoms with E-state index in [0.717, 1.165) is 30.8 Å². The Balaban J connectivity index is 1.36. The fourth-order valence-electron chi connectivity index (χ4n) is 4.10. The summed E-state index contributed by atoms with van der Waals surface area (Å²) in [4.78, 5) is 13.0. The van der Waals surface area contributed by atoms with Crippen molar-refractivity contribution in [2.24, 2.45) is 0 Å². The van der Waals surface area contributed by atoms with Crippen molar-refractivity contribution in [2.75, 3.05) is 37.8 Å². The van der Waals surface area contributed by atoms with Crippen LogP contribution in [0.1, 0.15) is 22.6 Å². The van der Waals surface area contributed by atoms with E-state index in [4.69, 9.17) is 9.47 Å². The van der Waals surface area contributed by atoms with Crippen LogP contribution in [0.5, 0.6) is 5.75 Å². The minimum Gasteiger partial charge on any atom is -0.546 e. The standard InChI is InChI=1S/C26H27NO4/c28-26(29)19-31-25-13-7-12-24-22(25)14-15-27(24)16-17-30-18-23(20-8-3-1-4-9-20)21-10-5-2-6-11-21/h1-13,23H,14-19H2,(H,28,29)/p-1. The molecule has 0 aromatic heterocycles. The average molecular weight is 416 g/mol. The molecule has 0 atom stereocenters. The maximum Gasteiger partial charge on any atom is 0.128 e. The molecule has 160 valence electrons. The zero-order chi connectivity index (χ0) is 21.5. The maximum atomic E-state index is 10.7. The van der Waals surface area contributed by atoms with E-state index < -0.39 is 12.6 Å². The summed E-state index contributed by atoms with van der Waals surface area (Å²) in [6.07, 6.45) is 0.829. The first-order valence-electron chi connectivity index (χ1n) is 10.6. The molecular weight excluding hydrogens is 390 g/mol. The molecule has 1 heterocycles. The molecule has 3 aromatic rings. The number of nitrogens with zero attached hydrogens (tertiary/aromatic N) is 1. The number of benzene rings is 3. The largest absolute Gasteiger partial charge is 0.546 e. The molecule has 0 amide bonds. The minimum absolute atomic E-state index is 0.192. The van der Waals surface area contributed by atoms with Gasteiger partial charge >= 0.3 is 0 Å². The van der Waals surface area contributed by atoms with Crippen molar-refractivity contribution in [3.05, 3.63) is 95.6 Å². The normalized spacial score (nSPS) is 12.7. The monoisotopic (exact) mass is 416 g/mol. The Morgan fingerprint density at radius 3 is 2.26 bits per heavy atom. The number of fused-ring (bicyclic) bond motifs is 1. The lowest BCUT2D eigenvalue weighted by molar-refractivity contribution is -0.307. The van der Waals surface area contributed by atoms with Gasteiger partial charge in [-0.1, -0.05) is 66.7 Å². The summed E-state index contributed by atoms with van der Waals surface area (Å²) in [5, 5.41) is 10.7. The molecule has 0 radical (unpaired) electrons. The van der Waals surface area contributed by atoms with Gasteiger partial charge in [0.1, 0.15) is 12.4 Å². The van der Waals surface area contributed by atoms with Crippen molar-refractivity contribution < 1.29 is 19.4 Å². The zero-order valence-corrected chi connectivity index (χ0v) is 17.4. The first-order valence-corrected chi connectivity index (χ1v) is 10.6. The number of hydrogen-bond acceptors (Lipinski definition) is 5. The highest BCUT2D eigenvalue weighted by molar-refractivity contribution is 5.67. The Kier molecular flexibility index (Phi) is 6.85. The van der Waals surface area contributed by atoms with Gasteiger partial charge < -0.3 is 24.3 Å². The van der Waals surface area contributed by atoms with E-state index in [2.05, 4.69) is 53.4 Å². The van der Waals surface area contributed by atoms with Crippen LogP contribution in [0.3, 0.4) is 0 Å². The van der Waals surface area contributed by atoms with E-state index in [0.29, 0.717) is 19.0 Å². The van der Waals surface area contributed by atoms with Crippen molar-refractivity contribution >= 4 is 11.7 Å². The fourth-order valence-corrected chi connectivity index (χ4v) is 4.10. The lowest BCUT2D eigenvalue weighted by atomic mass is 9.92. The predicted octanol–water partition coefficient (Wildman–Crippen LogP) is 3.03. The molecule has 0 bridgehead atoms. The van der Waals surface area contributed by atoms with Crippen LogP contribution in [0, 0.1) is 0 Å². The molecule has 0 fully saturated rings. The zero-order valence-electron chi connectivity index (χ0n) is 17.4. The van der Waals surface area contributed by atoms with Crippen LogP contribution in [0.2, 0.25) is 0 Å². The van der Waals surface area contributed by atoms with E-state index in [1.807, 2.05) is 30.3 Å². The number of rotatable bonds is 10. The van der Waals surface area contributed by atoms with Crippen LogP contribution in [-0.4, -0.2) is 38.9 Å². The third kappa shape index (κ3) is 5.25. The Labute approximate surface area is 182 Å². The van der Waals surface area contributed by atoms with E-state index in [9.17, 15) is 9.90 Å². The van der Waals surface area contributed by atoms with Crippen molar-refractivity contribution in [1.82, 2.24) is 0 Å². The van der Waals surface area contributed by atoms with Gasteiger partial charge in [0.25, 0.3) is 0 Å². The number of hydrogen-bond donors (Lipinski definition) is 0. The second-order valence-electron chi connectivity index (χ2n) is 7.60. The number of carbonyl (C=O) groups is 1. The highest BCUT2D eigenvalue weighted by Crippen LogP contribution is 2.35. The Hall–Kier alpha value is -3.31. The quantitative estimate of drug-likeness (QED) is 0.476. The minimum atomic E-state index is -1.22. The number of carbonyl (C=O) groups excluding carboxylic acids is 1. The van der Waals surface area contributed by atoms with Gasteiger partial charge in [-0.05, 0) is 29.7 Å². The van der Waals surface area contributed by atoms with Crippen molar-refractivity contribution in [3.63, 3.8) is 0 Å². The number of carboxylic acids is 1. The summed E-state index contributed by atoms with van der Waals surface area (Å²) >= 11 is 0. The van der Waals surface area contributed by atoms with Gasteiger partial charge in [0.05, 0.1) is 19.2 Å². The van der Waals surface area contributed by atoms with E-state index >= 15 is 0 Å². The van der Waals surface area contributed by atoms with Gasteiger partial charge in [0.15, 0.2) is 0 Å². The topological polar surface area (TPSA) is 61.8 Å². The SMILES string of the molecule is O=C([O-])COc1cccc2c1CCN2CCOCC(c1ccccc1)c1ccccc1.